The number of aryl methyl sites for hydroxylation is 3. The van der Waals surface area contributed by atoms with Gasteiger partial charge in [0.2, 0.25) is 0 Å². The summed E-state index contributed by atoms with van der Waals surface area (Å²) in [5.74, 6) is 0. The first-order valence-corrected chi connectivity index (χ1v) is 11.4. The number of nitro benzene ring substituents is 1. The van der Waals surface area contributed by atoms with Crippen molar-refractivity contribution >= 4 is 38.4 Å². The van der Waals surface area contributed by atoms with E-state index >= 15 is 0 Å². The van der Waals surface area contributed by atoms with Crippen molar-refractivity contribution in [3.63, 3.8) is 0 Å². The summed E-state index contributed by atoms with van der Waals surface area (Å²) in [6, 6.07) is 9.25. The molecule has 8 nitrogen and oxygen atoms in total. The topological polar surface area (TPSA) is 105 Å². The van der Waals surface area contributed by atoms with Gasteiger partial charge in [-0.25, -0.2) is 13.4 Å². The standard InChI is InChI=1S/C20H22N4O4S2/c1-13-5-7-17(14(2)9-13)22-30(27,28)16-6-8-18(19(10-16)24(25)26)23(4)11-20-21-15(3)12-29-20/h5-10,12,22H,11H2,1-4H3. The first kappa shape index (κ1) is 21.7. The van der Waals surface area contributed by atoms with Gasteiger partial charge in [-0.05, 0) is 44.5 Å². The van der Waals surface area contributed by atoms with E-state index in [1.54, 1.807) is 31.0 Å². The number of sulfonamides is 1. The van der Waals surface area contributed by atoms with Crippen molar-refractivity contribution in [3.8, 4) is 0 Å². The highest BCUT2D eigenvalue weighted by Gasteiger charge is 2.24. The molecule has 0 bridgehead atoms. The van der Waals surface area contributed by atoms with Crippen LogP contribution < -0.4 is 9.62 Å². The Labute approximate surface area is 179 Å². The van der Waals surface area contributed by atoms with Crippen LogP contribution in [-0.4, -0.2) is 25.4 Å². The van der Waals surface area contributed by atoms with Gasteiger partial charge >= 0.3 is 0 Å². The molecule has 0 saturated heterocycles. The predicted molar refractivity (Wildman–Crippen MR) is 119 cm³/mol. The van der Waals surface area contributed by atoms with E-state index in [1.807, 2.05) is 25.3 Å². The van der Waals surface area contributed by atoms with Gasteiger partial charge in [0.15, 0.2) is 0 Å². The third-order valence-electron chi connectivity index (χ3n) is 4.53. The van der Waals surface area contributed by atoms with E-state index in [0.29, 0.717) is 17.9 Å². The maximum Gasteiger partial charge on any atom is 0.293 e. The molecule has 30 heavy (non-hydrogen) atoms. The van der Waals surface area contributed by atoms with Crippen LogP contribution in [0.25, 0.3) is 0 Å². The maximum absolute atomic E-state index is 12.8. The molecular formula is C20H22N4O4S2. The summed E-state index contributed by atoms with van der Waals surface area (Å²) < 4.78 is 28.2. The van der Waals surface area contributed by atoms with Crippen LogP contribution in [0.5, 0.6) is 0 Å². The molecule has 0 aliphatic rings. The van der Waals surface area contributed by atoms with E-state index in [4.69, 9.17) is 0 Å². The number of anilines is 2. The van der Waals surface area contributed by atoms with Crippen LogP contribution in [-0.2, 0) is 16.6 Å². The van der Waals surface area contributed by atoms with E-state index in [2.05, 4.69) is 9.71 Å². The average molecular weight is 447 g/mol. The van der Waals surface area contributed by atoms with Gasteiger partial charge in [-0.2, -0.15) is 0 Å². The van der Waals surface area contributed by atoms with Crippen molar-refractivity contribution in [2.45, 2.75) is 32.2 Å². The second-order valence-corrected chi connectivity index (χ2v) is 9.70. The zero-order valence-corrected chi connectivity index (χ0v) is 18.7. The van der Waals surface area contributed by atoms with E-state index in [9.17, 15) is 18.5 Å². The SMILES string of the molecule is Cc1ccc(NS(=O)(=O)c2ccc(N(C)Cc3nc(C)cs3)c([N+](=O)[O-])c2)c(C)c1. The highest BCUT2D eigenvalue weighted by atomic mass is 32.2. The maximum atomic E-state index is 12.8. The third kappa shape index (κ3) is 4.77. The van der Waals surface area contributed by atoms with Gasteiger partial charge in [0.05, 0.1) is 22.1 Å². The molecule has 0 radical (unpaired) electrons. The van der Waals surface area contributed by atoms with Gasteiger partial charge in [-0.3, -0.25) is 14.8 Å². The van der Waals surface area contributed by atoms with Crippen molar-refractivity contribution in [2.24, 2.45) is 0 Å². The van der Waals surface area contributed by atoms with Crippen molar-refractivity contribution < 1.29 is 13.3 Å². The minimum Gasteiger partial charge on any atom is -0.362 e. The summed E-state index contributed by atoms with van der Waals surface area (Å²) in [5, 5.41) is 14.4. The quantitative estimate of drug-likeness (QED) is 0.426. The summed E-state index contributed by atoms with van der Waals surface area (Å²) in [4.78, 5) is 17.0. The normalized spacial score (nSPS) is 11.3. The summed E-state index contributed by atoms with van der Waals surface area (Å²) in [7, 11) is -2.28. The molecule has 0 fully saturated rings. The molecule has 158 valence electrons. The van der Waals surface area contributed by atoms with Gasteiger partial charge in [0, 0.05) is 24.2 Å². The molecule has 0 spiro atoms. The molecule has 1 aromatic heterocycles. The summed E-state index contributed by atoms with van der Waals surface area (Å²) in [5.41, 5.74) is 3.13. The molecule has 10 heteroatoms. The van der Waals surface area contributed by atoms with Gasteiger partial charge in [0.1, 0.15) is 10.7 Å². The van der Waals surface area contributed by atoms with Crippen molar-refractivity contribution in [3.05, 3.63) is 73.7 Å². The average Bonchev–Trinajstić information content (AvgIpc) is 3.08. The molecule has 3 rings (SSSR count). The fraction of sp³-hybridized carbons (Fsp3) is 0.250. The zero-order chi connectivity index (χ0) is 22.1. The van der Waals surface area contributed by atoms with Gasteiger partial charge < -0.3 is 4.90 Å². The van der Waals surface area contributed by atoms with E-state index in [1.165, 1.54) is 23.5 Å². The first-order valence-electron chi connectivity index (χ1n) is 9.07. The molecule has 0 amide bonds. The van der Waals surface area contributed by atoms with Crippen LogP contribution in [0, 0.1) is 30.9 Å². The smallest absolute Gasteiger partial charge is 0.293 e. The molecule has 0 aliphatic carbocycles. The lowest BCUT2D eigenvalue weighted by Crippen LogP contribution is -2.19. The molecular weight excluding hydrogens is 424 g/mol. The van der Waals surface area contributed by atoms with Crippen LogP contribution in [0.1, 0.15) is 21.8 Å². The summed E-state index contributed by atoms with van der Waals surface area (Å²) >= 11 is 1.47. The van der Waals surface area contributed by atoms with Crippen molar-refractivity contribution in [2.75, 3.05) is 16.7 Å². The summed E-state index contributed by atoms with van der Waals surface area (Å²) in [6.07, 6.45) is 0. The highest BCUT2D eigenvalue weighted by Crippen LogP contribution is 2.32. The Hall–Kier alpha value is -2.98. The Balaban J connectivity index is 1.92. The van der Waals surface area contributed by atoms with Crippen LogP contribution in [0.4, 0.5) is 17.1 Å². The number of benzene rings is 2. The van der Waals surface area contributed by atoms with Crippen LogP contribution >= 0.6 is 11.3 Å². The van der Waals surface area contributed by atoms with Crippen molar-refractivity contribution in [1.29, 1.82) is 0 Å². The Bertz CT molecular complexity index is 1210. The number of hydrogen-bond acceptors (Lipinski definition) is 7. The van der Waals surface area contributed by atoms with E-state index in [-0.39, 0.29) is 10.6 Å². The number of thiazole rings is 1. The molecule has 3 aromatic rings. The fourth-order valence-corrected chi connectivity index (χ4v) is 5.01. The van der Waals surface area contributed by atoms with E-state index < -0.39 is 14.9 Å². The van der Waals surface area contributed by atoms with Crippen LogP contribution in [0.15, 0.2) is 46.7 Å². The second kappa shape index (κ2) is 8.41. The lowest BCUT2D eigenvalue weighted by atomic mass is 10.1. The molecule has 0 aliphatic heterocycles. The molecule has 1 N–H and O–H groups in total. The number of rotatable bonds is 7. The Morgan fingerprint density at radius 2 is 1.90 bits per heavy atom. The number of nitrogens with zero attached hydrogens (tertiary/aromatic N) is 3. The molecule has 0 atom stereocenters. The molecule has 0 saturated carbocycles. The highest BCUT2D eigenvalue weighted by molar-refractivity contribution is 7.92. The fourth-order valence-electron chi connectivity index (χ4n) is 3.03. The third-order valence-corrected chi connectivity index (χ3v) is 6.84. The predicted octanol–water partition coefficient (Wildman–Crippen LogP) is 4.41. The summed E-state index contributed by atoms with van der Waals surface area (Å²) in [6.45, 7) is 5.97. The minimum absolute atomic E-state index is 0.170. The van der Waals surface area contributed by atoms with E-state index in [0.717, 1.165) is 27.9 Å². The van der Waals surface area contributed by atoms with Crippen LogP contribution in [0.3, 0.4) is 0 Å². The van der Waals surface area contributed by atoms with Crippen molar-refractivity contribution in [1.82, 2.24) is 4.98 Å². The number of hydrogen-bond donors (Lipinski definition) is 1. The van der Waals surface area contributed by atoms with Gasteiger partial charge in [-0.15, -0.1) is 11.3 Å². The monoisotopic (exact) mass is 446 g/mol. The molecule has 0 unspecified atom stereocenters. The Morgan fingerprint density at radius 1 is 1.17 bits per heavy atom. The minimum atomic E-state index is -3.99. The zero-order valence-electron chi connectivity index (χ0n) is 17.0. The first-order chi connectivity index (χ1) is 14.1. The Morgan fingerprint density at radius 3 is 2.50 bits per heavy atom. The Kier molecular flexibility index (Phi) is 6.09. The molecule has 1 heterocycles. The number of aromatic nitrogens is 1. The molecule has 2 aromatic carbocycles. The van der Waals surface area contributed by atoms with Gasteiger partial charge in [0.25, 0.3) is 15.7 Å². The van der Waals surface area contributed by atoms with Gasteiger partial charge in [-0.1, -0.05) is 17.7 Å². The largest absolute Gasteiger partial charge is 0.362 e. The lowest BCUT2D eigenvalue weighted by molar-refractivity contribution is -0.384. The van der Waals surface area contributed by atoms with Crippen LogP contribution in [0.2, 0.25) is 0 Å². The number of nitro groups is 1. The second-order valence-electron chi connectivity index (χ2n) is 7.07. The number of nitrogens with one attached hydrogen (secondary N) is 1. The lowest BCUT2D eigenvalue weighted by Gasteiger charge is -2.18.